The Labute approximate surface area is 111 Å². The van der Waals surface area contributed by atoms with Crippen LogP contribution < -0.4 is 5.32 Å². The molecule has 1 amide bonds. The van der Waals surface area contributed by atoms with E-state index in [0.29, 0.717) is 5.41 Å². The molecule has 0 aromatic heterocycles. The van der Waals surface area contributed by atoms with E-state index in [1.54, 1.807) is 0 Å². The summed E-state index contributed by atoms with van der Waals surface area (Å²) in [6.45, 7) is 9.57. The Bertz CT molecular complexity index is 305. The summed E-state index contributed by atoms with van der Waals surface area (Å²) in [5.74, 6) is 1.09. The van der Waals surface area contributed by atoms with Gasteiger partial charge in [0.2, 0.25) is 5.91 Å². The highest BCUT2D eigenvalue weighted by Gasteiger charge is 2.44. The molecule has 104 valence electrons. The molecular weight excluding hydrogens is 224 g/mol. The quantitative estimate of drug-likeness (QED) is 0.833. The van der Waals surface area contributed by atoms with E-state index in [9.17, 15) is 4.79 Å². The average molecular weight is 252 g/mol. The second-order valence-electron chi connectivity index (χ2n) is 6.54. The van der Waals surface area contributed by atoms with E-state index in [1.165, 1.54) is 25.7 Å². The number of carbonyl (C=O) groups is 1. The SMILES string of the molecule is CCCNC(=O)[C@H](C)N1CC[C@]2(CC[C@@H](C)C2)C1. The summed E-state index contributed by atoms with van der Waals surface area (Å²) >= 11 is 0. The van der Waals surface area contributed by atoms with Gasteiger partial charge in [0.05, 0.1) is 6.04 Å². The van der Waals surface area contributed by atoms with Crippen LogP contribution in [0.3, 0.4) is 0 Å². The molecule has 1 heterocycles. The molecule has 3 atom stereocenters. The Hall–Kier alpha value is -0.570. The summed E-state index contributed by atoms with van der Waals surface area (Å²) in [4.78, 5) is 14.4. The molecule has 0 aromatic carbocycles. The highest BCUT2D eigenvalue weighted by molar-refractivity contribution is 5.81. The van der Waals surface area contributed by atoms with Crippen molar-refractivity contribution >= 4 is 5.91 Å². The molecule has 2 aliphatic rings. The monoisotopic (exact) mass is 252 g/mol. The molecule has 1 aliphatic heterocycles. The average Bonchev–Trinajstić information content (AvgIpc) is 2.93. The number of rotatable bonds is 4. The number of nitrogens with one attached hydrogen (secondary N) is 1. The fourth-order valence-electron chi connectivity index (χ4n) is 3.73. The van der Waals surface area contributed by atoms with Crippen LogP contribution in [0.25, 0.3) is 0 Å². The van der Waals surface area contributed by atoms with E-state index >= 15 is 0 Å². The first kappa shape index (κ1) is 13.9. The fraction of sp³-hybridized carbons (Fsp3) is 0.933. The third-order valence-corrected chi connectivity index (χ3v) is 4.89. The van der Waals surface area contributed by atoms with Crippen LogP contribution >= 0.6 is 0 Å². The van der Waals surface area contributed by atoms with Crippen LogP contribution in [-0.2, 0) is 4.79 Å². The van der Waals surface area contributed by atoms with Crippen LogP contribution in [0.5, 0.6) is 0 Å². The maximum absolute atomic E-state index is 12.0. The second-order valence-corrected chi connectivity index (χ2v) is 6.54. The molecule has 2 rings (SSSR count). The number of carbonyl (C=O) groups excluding carboxylic acids is 1. The molecule has 3 heteroatoms. The van der Waals surface area contributed by atoms with Gasteiger partial charge in [0.25, 0.3) is 0 Å². The fourth-order valence-corrected chi connectivity index (χ4v) is 3.73. The van der Waals surface area contributed by atoms with Crippen molar-refractivity contribution < 1.29 is 4.79 Å². The van der Waals surface area contributed by atoms with E-state index < -0.39 is 0 Å². The van der Waals surface area contributed by atoms with Crippen molar-refractivity contribution in [1.82, 2.24) is 10.2 Å². The van der Waals surface area contributed by atoms with Gasteiger partial charge in [-0.05, 0) is 50.5 Å². The van der Waals surface area contributed by atoms with Gasteiger partial charge in [-0.25, -0.2) is 0 Å². The Morgan fingerprint density at radius 1 is 1.50 bits per heavy atom. The Morgan fingerprint density at radius 3 is 2.89 bits per heavy atom. The molecule has 0 bridgehead atoms. The lowest BCUT2D eigenvalue weighted by Gasteiger charge is -2.27. The van der Waals surface area contributed by atoms with Crippen LogP contribution in [0.15, 0.2) is 0 Å². The Kier molecular flexibility index (Phi) is 4.31. The molecule has 1 N–H and O–H groups in total. The summed E-state index contributed by atoms with van der Waals surface area (Å²) in [6, 6.07) is 0.0480. The second kappa shape index (κ2) is 5.60. The van der Waals surface area contributed by atoms with E-state index in [4.69, 9.17) is 0 Å². The zero-order chi connectivity index (χ0) is 13.2. The third kappa shape index (κ3) is 2.87. The van der Waals surface area contributed by atoms with Gasteiger partial charge < -0.3 is 5.32 Å². The van der Waals surface area contributed by atoms with Gasteiger partial charge in [0.1, 0.15) is 0 Å². The summed E-state index contributed by atoms with van der Waals surface area (Å²) in [7, 11) is 0. The largest absolute Gasteiger partial charge is 0.355 e. The molecule has 1 saturated heterocycles. The number of likely N-dealkylation sites (tertiary alicyclic amines) is 1. The first-order valence-electron chi connectivity index (χ1n) is 7.58. The van der Waals surface area contributed by atoms with Gasteiger partial charge in [-0.2, -0.15) is 0 Å². The molecule has 1 saturated carbocycles. The predicted molar refractivity (Wildman–Crippen MR) is 74.4 cm³/mol. The predicted octanol–water partition coefficient (Wildman–Crippen LogP) is 2.41. The van der Waals surface area contributed by atoms with Crippen molar-refractivity contribution in [1.29, 1.82) is 0 Å². The Morgan fingerprint density at radius 2 is 2.28 bits per heavy atom. The van der Waals surface area contributed by atoms with Crippen LogP contribution in [0, 0.1) is 11.3 Å². The zero-order valence-electron chi connectivity index (χ0n) is 12.2. The summed E-state index contributed by atoms with van der Waals surface area (Å²) in [6.07, 6.45) is 6.42. The molecule has 0 aromatic rings. The van der Waals surface area contributed by atoms with E-state index in [1.807, 2.05) is 0 Å². The van der Waals surface area contributed by atoms with E-state index in [-0.39, 0.29) is 11.9 Å². The number of nitrogens with zero attached hydrogens (tertiary/aromatic N) is 1. The maximum Gasteiger partial charge on any atom is 0.237 e. The molecule has 2 fully saturated rings. The number of hydrogen-bond acceptors (Lipinski definition) is 2. The van der Waals surface area contributed by atoms with E-state index in [2.05, 4.69) is 31.0 Å². The highest BCUT2D eigenvalue weighted by atomic mass is 16.2. The van der Waals surface area contributed by atoms with Crippen molar-refractivity contribution in [3.8, 4) is 0 Å². The van der Waals surface area contributed by atoms with Crippen LogP contribution in [-0.4, -0.2) is 36.5 Å². The van der Waals surface area contributed by atoms with E-state index in [0.717, 1.165) is 32.0 Å². The van der Waals surface area contributed by atoms with Crippen LogP contribution in [0.1, 0.15) is 52.9 Å². The van der Waals surface area contributed by atoms with Gasteiger partial charge in [0.15, 0.2) is 0 Å². The molecule has 0 radical (unpaired) electrons. The minimum Gasteiger partial charge on any atom is -0.355 e. The molecule has 0 unspecified atom stereocenters. The normalized spacial score (nSPS) is 34.1. The van der Waals surface area contributed by atoms with Crippen molar-refractivity contribution in [2.45, 2.75) is 58.9 Å². The van der Waals surface area contributed by atoms with Gasteiger partial charge in [0, 0.05) is 13.1 Å². The van der Waals surface area contributed by atoms with Crippen molar-refractivity contribution in [3.63, 3.8) is 0 Å². The van der Waals surface area contributed by atoms with Gasteiger partial charge >= 0.3 is 0 Å². The molecule has 18 heavy (non-hydrogen) atoms. The lowest BCUT2D eigenvalue weighted by molar-refractivity contribution is -0.125. The molecule has 1 spiro atoms. The number of hydrogen-bond donors (Lipinski definition) is 1. The van der Waals surface area contributed by atoms with Crippen molar-refractivity contribution in [2.24, 2.45) is 11.3 Å². The third-order valence-electron chi connectivity index (χ3n) is 4.89. The standard InChI is InChI=1S/C15H28N2O/c1-4-8-16-14(18)13(3)17-9-7-15(11-17)6-5-12(2)10-15/h12-13H,4-11H2,1-3H3,(H,16,18)/t12-,13+,15+/m1/s1. The zero-order valence-corrected chi connectivity index (χ0v) is 12.2. The minimum atomic E-state index is 0.0480. The minimum absolute atomic E-state index is 0.0480. The Balaban J connectivity index is 1.86. The molecule has 1 aliphatic carbocycles. The van der Waals surface area contributed by atoms with Crippen LogP contribution in [0.4, 0.5) is 0 Å². The topological polar surface area (TPSA) is 32.3 Å². The summed E-state index contributed by atoms with van der Waals surface area (Å²) < 4.78 is 0. The van der Waals surface area contributed by atoms with Crippen LogP contribution in [0.2, 0.25) is 0 Å². The van der Waals surface area contributed by atoms with Crippen molar-refractivity contribution in [2.75, 3.05) is 19.6 Å². The molecular formula is C15H28N2O. The lowest BCUT2D eigenvalue weighted by Crippen LogP contribution is -2.44. The molecule has 3 nitrogen and oxygen atoms in total. The lowest BCUT2D eigenvalue weighted by atomic mass is 9.85. The number of amides is 1. The van der Waals surface area contributed by atoms with Gasteiger partial charge in [-0.1, -0.05) is 20.3 Å². The first-order valence-corrected chi connectivity index (χ1v) is 7.58. The first-order chi connectivity index (χ1) is 8.56. The smallest absolute Gasteiger partial charge is 0.237 e. The van der Waals surface area contributed by atoms with Gasteiger partial charge in [-0.3, -0.25) is 9.69 Å². The summed E-state index contributed by atoms with van der Waals surface area (Å²) in [5.41, 5.74) is 0.540. The van der Waals surface area contributed by atoms with Gasteiger partial charge in [-0.15, -0.1) is 0 Å². The van der Waals surface area contributed by atoms with Crippen molar-refractivity contribution in [3.05, 3.63) is 0 Å². The maximum atomic E-state index is 12.0. The summed E-state index contributed by atoms with van der Waals surface area (Å²) in [5, 5.41) is 3.02. The highest BCUT2D eigenvalue weighted by Crippen LogP contribution is 2.48.